The maximum absolute atomic E-state index is 11.2. The van der Waals surface area contributed by atoms with Crippen molar-refractivity contribution in [2.24, 2.45) is 0 Å². The van der Waals surface area contributed by atoms with Gasteiger partial charge in [0.25, 0.3) is 0 Å². The van der Waals surface area contributed by atoms with Crippen LogP contribution in [0.5, 0.6) is 0 Å². The Balaban J connectivity index is 3.27. The van der Waals surface area contributed by atoms with Crippen molar-refractivity contribution in [2.75, 3.05) is 12.0 Å². The van der Waals surface area contributed by atoms with Crippen molar-refractivity contribution in [3.05, 3.63) is 29.8 Å². The van der Waals surface area contributed by atoms with Gasteiger partial charge in [-0.15, -0.1) is 0 Å². The number of benzene rings is 1. The van der Waals surface area contributed by atoms with Gasteiger partial charge in [-0.2, -0.15) is 0 Å². The summed E-state index contributed by atoms with van der Waals surface area (Å²) in [6, 6.07) is 4.73. The molecule has 14 heavy (non-hydrogen) atoms. The van der Waals surface area contributed by atoms with Gasteiger partial charge in [0.2, 0.25) is 0 Å². The van der Waals surface area contributed by atoms with E-state index in [-0.39, 0.29) is 4.90 Å². The van der Waals surface area contributed by atoms with E-state index in [1.165, 1.54) is 6.07 Å². The molecule has 0 unspecified atom stereocenters. The third-order valence-electron chi connectivity index (χ3n) is 1.83. The van der Waals surface area contributed by atoms with E-state index in [0.717, 1.165) is 11.8 Å². The van der Waals surface area contributed by atoms with Crippen LogP contribution in [0.4, 0.5) is 5.69 Å². The largest absolute Gasteiger partial charge is 0.398 e. The molecule has 4 heteroatoms. The minimum atomic E-state index is -3.16. The van der Waals surface area contributed by atoms with Crippen molar-refractivity contribution in [3.63, 3.8) is 0 Å². The zero-order valence-corrected chi connectivity index (χ0v) is 9.01. The van der Waals surface area contributed by atoms with Crippen LogP contribution in [0.15, 0.2) is 29.2 Å². The minimum absolute atomic E-state index is 0.253. The molecule has 1 aromatic rings. The van der Waals surface area contributed by atoms with Crippen LogP contribution in [0, 0.1) is 0 Å². The quantitative estimate of drug-likeness (QED) is 0.757. The van der Waals surface area contributed by atoms with Gasteiger partial charge < -0.3 is 5.73 Å². The zero-order valence-electron chi connectivity index (χ0n) is 8.19. The molecule has 1 rings (SSSR count). The standard InChI is InChI=1S/C10H13NO2S/c1-3-4-8-5-6-9(7-10(8)11)14(2,12)13/h3-7H,11H2,1-2H3/b4-3+. The molecule has 0 bridgehead atoms. The summed E-state index contributed by atoms with van der Waals surface area (Å²) in [5.74, 6) is 0. The van der Waals surface area contributed by atoms with Gasteiger partial charge in [-0.25, -0.2) is 8.42 Å². The Morgan fingerprint density at radius 2 is 2.00 bits per heavy atom. The van der Waals surface area contributed by atoms with Crippen LogP contribution >= 0.6 is 0 Å². The van der Waals surface area contributed by atoms with E-state index in [1.807, 2.05) is 19.1 Å². The van der Waals surface area contributed by atoms with Crippen LogP contribution in [0.1, 0.15) is 12.5 Å². The Kier molecular flexibility index (Phi) is 2.96. The van der Waals surface area contributed by atoms with Crippen LogP contribution in [0.3, 0.4) is 0 Å². The summed E-state index contributed by atoms with van der Waals surface area (Å²) in [6.07, 6.45) is 4.85. The highest BCUT2D eigenvalue weighted by Gasteiger charge is 2.07. The van der Waals surface area contributed by atoms with E-state index >= 15 is 0 Å². The van der Waals surface area contributed by atoms with E-state index in [1.54, 1.807) is 12.1 Å². The minimum Gasteiger partial charge on any atom is -0.398 e. The molecule has 3 nitrogen and oxygen atoms in total. The molecule has 0 saturated carbocycles. The average Bonchev–Trinajstić information content (AvgIpc) is 2.07. The maximum Gasteiger partial charge on any atom is 0.175 e. The number of sulfone groups is 1. The Morgan fingerprint density at radius 3 is 2.43 bits per heavy atom. The van der Waals surface area contributed by atoms with Gasteiger partial charge in [-0.05, 0) is 24.6 Å². The molecule has 0 heterocycles. The number of rotatable bonds is 2. The summed E-state index contributed by atoms with van der Waals surface area (Å²) in [7, 11) is -3.16. The normalized spacial score (nSPS) is 12.1. The molecule has 0 aliphatic carbocycles. The third kappa shape index (κ3) is 2.35. The topological polar surface area (TPSA) is 60.2 Å². The van der Waals surface area contributed by atoms with E-state index in [4.69, 9.17) is 5.73 Å². The van der Waals surface area contributed by atoms with Crippen LogP contribution in [-0.2, 0) is 9.84 Å². The fourth-order valence-electron chi connectivity index (χ4n) is 1.11. The van der Waals surface area contributed by atoms with Crippen molar-refractivity contribution in [3.8, 4) is 0 Å². The first-order chi connectivity index (χ1) is 6.45. The fourth-order valence-corrected chi connectivity index (χ4v) is 1.77. The molecule has 1 aromatic carbocycles. The first-order valence-electron chi connectivity index (χ1n) is 4.17. The van der Waals surface area contributed by atoms with Crippen molar-refractivity contribution in [1.82, 2.24) is 0 Å². The highest BCUT2D eigenvalue weighted by Crippen LogP contribution is 2.18. The van der Waals surface area contributed by atoms with Crippen molar-refractivity contribution < 1.29 is 8.42 Å². The Morgan fingerprint density at radius 1 is 1.36 bits per heavy atom. The van der Waals surface area contributed by atoms with E-state index in [2.05, 4.69) is 0 Å². The SMILES string of the molecule is C/C=C/c1ccc(S(C)(=O)=O)cc1N. The third-order valence-corrected chi connectivity index (χ3v) is 2.94. The van der Waals surface area contributed by atoms with Crippen LogP contribution in [0.2, 0.25) is 0 Å². The number of hydrogen-bond acceptors (Lipinski definition) is 3. The average molecular weight is 211 g/mol. The van der Waals surface area contributed by atoms with Gasteiger partial charge in [0.05, 0.1) is 4.90 Å². The molecule has 0 spiro atoms. The molecular weight excluding hydrogens is 198 g/mol. The smallest absolute Gasteiger partial charge is 0.175 e. The van der Waals surface area contributed by atoms with Crippen LogP contribution < -0.4 is 5.73 Å². The van der Waals surface area contributed by atoms with Gasteiger partial charge in [0, 0.05) is 11.9 Å². The highest BCUT2D eigenvalue weighted by molar-refractivity contribution is 7.90. The summed E-state index contributed by atoms with van der Waals surface area (Å²) in [4.78, 5) is 0.253. The van der Waals surface area contributed by atoms with Crippen molar-refractivity contribution >= 4 is 21.6 Å². The number of hydrogen-bond donors (Lipinski definition) is 1. The first kappa shape index (κ1) is 10.8. The lowest BCUT2D eigenvalue weighted by Gasteiger charge is -2.03. The van der Waals surface area contributed by atoms with E-state index in [9.17, 15) is 8.42 Å². The molecule has 0 aromatic heterocycles. The lowest BCUT2D eigenvalue weighted by Crippen LogP contribution is -1.99. The molecular formula is C10H13NO2S. The van der Waals surface area contributed by atoms with Gasteiger partial charge in [0.1, 0.15) is 0 Å². The molecule has 76 valence electrons. The van der Waals surface area contributed by atoms with Crippen LogP contribution in [-0.4, -0.2) is 14.7 Å². The zero-order chi connectivity index (χ0) is 10.8. The van der Waals surface area contributed by atoms with E-state index in [0.29, 0.717) is 5.69 Å². The fraction of sp³-hybridized carbons (Fsp3) is 0.200. The summed E-state index contributed by atoms with van der Waals surface area (Å²) in [5.41, 5.74) is 7.00. The Bertz CT molecular complexity index is 461. The van der Waals surface area contributed by atoms with Crippen molar-refractivity contribution in [1.29, 1.82) is 0 Å². The second-order valence-electron chi connectivity index (χ2n) is 3.06. The van der Waals surface area contributed by atoms with Crippen molar-refractivity contribution in [2.45, 2.75) is 11.8 Å². The molecule has 0 amide bonds. The first-order valence-corrected chi connectivity index (χ1v) is 6.06. The molecule has 0 atom stereocenters. The summed E-state index contributed by atoms with van der Waals surface area (Å²) >= 11 is 0. The second kappa shape index (κ2) is 3.84. The highest BCUT2D eigenvalue weighted by atomic mass is 32.2. The summed E-state index contributed by atoms with van der Waals surface area (Å²) < 4.78 is 22.4. The van der Waals surface area contributed by atoms with Gasteiger partial charge >= 0.3 is 0 Å². The molecule has 0 aliphatic heterocycles. The predicted octanol–water partition coefficient (Wildman–Crippen LogP) is 1.71. The summed E-state index contributed by atoms with van der Waals surface area (Å²) in [5, 5.41) is 0. The lowest BCUT2D eigenvalue weighted by molar-refractivity contribution is 0.602. The predicted molar refractivity (Wildman–Crippen MR) is 58.7 cm³/mol. The number of anilines is 1. The Labute approximate surface area is 84.2 Å². The monoisotopic (exact) mass is 211 g/mol. The van der Waals surface area contributed by atoms with Gasteiger partial charge in [0.15, 0.2) is 9.84 Å². The Hall–Kier alpha value is -1.29. The van der Waals surface area contributed by atoms with Gasteiger partial charge in [-0.1, -0.05) is 18.2 Å². The molecule has 0 fully saturated rings. The molecule has 0 saturated heterocycles. The molecule has 0 radical (unpaired) electrons. The van der Waals surface area contributed by atoms with E-state index < -0.39 is 9.84 Å². The summed E-state index contributed by atoms with van der Waals surface area (Å²) in [6.45, 7) is 1.88. The number of allylic oxidation sites excluding steroid dienone is 1. The van der Waals surface area contributed by atoms with Crippen LogP contribution in [0.25, 0.3) is 6.08 Å². The second-order valence-corrected chi connectivity index (χ2v) is 5.08. The molecule has 0 aliphatic rings. The lowest BCUT2D eigenvalue weighted by atomic mass is 10.2. The number of nitrogen functional groups attached to an aromatic ring is 1. The van der Waals surface area contributed by atoms with Gasteiger partial charge in [-0.3, -0.25) is 0 Å². The molecule has 2 N–H and O–H groups in total. The maximum atomic E-state index is 11.2. The number of nitrogens with two attached hydrogens (primary N) is 1.